The number of aryl methyl sites for hydroxylation is 1. The molecular formula is C19H30N2. The van der Waals surface area contributed by atoms with E-state index in [-0.39, 0.29) is 0 Å². The third-order valence-corrected chi connectivity index (χ3v) is 5.92. The zero-order chi connectivity index (χ0) is 14.8. The summed E-state index contributed by atoms with van der Waals surface area (Å²) in [5.41, 5.74) is 10.5. The number of rotatable bonds is 3. The third kappa shape index (κ3) is 2.89. The first-order valence-electron chi connectivity index (χ1n) is 8.74. The number of fused-ring (bicyclic) bond motifs is 1. The van der Waals surface area contributed by atoms with E-state index in [9.17, 15) is 0 Å². The third-order valence-electron chi connectivity index (χ3n) is 5.92. The van der Waals surface area contributed by atoms with E-state index < -0.39 is 0 Å². The van der Waals surface area contributed by atoms with Gasteiger partial charge in [-0.25, -0.2) is 0 Å². The number of hydrogen-bond acceptors (Lipinski definition) is 2. The predicted octanol–water partition coefficient (Wildman–Crippen LogP) is 3.96. The summed E-state index contributed by atoms with van der Waals surface area (Å²) in [6.07, 6.45) is 8.44. The van der Waals surface area contributed by atoms with E-state index in [1.54, 1.807) is 0 Å². The highest BCUT2D eigenvalue weighted by atomic mass is 15.2. The molecule has 2 nitrogen and oxygen atoms in total. The van der Waals surface area contributed by atoms with Crippen LogP contribution < -0.4 is 5.73 Å². The van der Waals surface area contributed by atoms with Crippen molar-refractivity contribution in [2.75, 3.05) is 13.1 Å². The quantitative estimate of drug-likeness (QED) is 0.911. The summed E-state index contributed by atoms with van der Waals surface area (Å²) in [7, 11) is 0. The van der Waals surface area contributed by atoms with Gasteiger partial charge >= 0.3 is 0 Å². The maximum absolute atomic E-state index is 6.23. The Morgan fingerprint density at radius 1 is 1.14 bits per heavy atom. The fourth-order valence-electron chi connectivity index (χ4n) is 4.63. The van der Waals surface area contributed by atoms with Gasteiger partial charge in [-0.3, -0.25) is 4.90 Å². The first kappa shape index (κ1) is 15.1. The summed E-state index contributed by atoms with van der Waals surface area (Å²) in [5.74, 6) is 0.923. The number of nitrogens with two attached hydrogens (primary N) is 1. The summed E-state index contributed by atoms with van der Waals surface area (Å²) in [5, 5.41) is 0. The Hall–Kier alpha value is -0.860. The molecule has 2 N–H and O–H groups in total. The van der Waals surface area contributed by atoms with Crippen molar-refractivity contribution in [2.24, 2.45) is 11.7 Å². The Morgan fingerprint density at radius 2 is 1.90 bits per heavy atom. The molecule has 2 aliphatic rings. The van der Waals surface area contributed by atoms with Crippen LogP contribution in [0.2, 0.25) is 0 Å². The molecule has 1 aromatic rings. The fraction of sp³-hybridized carbons (Fsp3) is 0.684. The van der Waals surface area contributed by atoms with Gasteiger partial charge in [0.15, 0.2) is 0 Å². The van der Waals surface area contributed by atoms with Crippen molar-refractivity contribution in [3.05, 3.63) is 34.9 Å². The molecule has 1 heterocycles. The number of nitrogens with zero attached hydrogens (tertiary/aromatic N) is 1. The van der Waals surface area contributed by atoms with E-state index in [1.807, 2.05) is 0 Å². The molecule has 1 saturated carbocycles. The number of piperidine rings is 1. The average molecular weight is 286 g/mol. The lowest BCUT2D eigenvalue weighted by Crippen LogP contribution is -2.50. The van der Waals surface area contributed by atoms with Crippen LogP contribution in [0.25, 0.3) is 0 Å². The van der Waals surface area contributed by atoms with Crippen LogP contribution >= 0.6 is 0 Å². The van der Waals surface area contributed by atoms with E-state index in [0.29, 0.717) is 6.04 Å². The Labute approximate surface area is 129 Å². The maximum atomic E-state index is 6.23. The van der Waals surface area contributed by atoms with Gasteiger partial charge in [-0.2, -0.15) is 0 Å². The van der Waals surface area contributed by atoms with Gasteiger partial charge in [0.1, 0.15) is 0 Å². The molecular weight excluding hydrogens is 256 g/mol. The smallest absolute Gasteiger partial charge is 0.0476 e. The molecule has 1 saturated heterocycles. The first-order chi connectivity index (χ1) is 10.2. The van der Waals surface area contributed by atoms with E-state index in [1.165, 1.54) is 61.8 Å². The van der Waals surface area contributed by atoms with Crippen LogP contribution in [0.4, 0.5) is 0 Å². The minimum atomic E-state index is 0.413. The minimum absolute atomic E-state index is 0.413. The second-order valence-corrected chi connectivity index (χ2v) is 7.03. The zero-order valence-corrected chi connectivity index (χ0v) is 13.6. The van der Waals surface area contributed by atoms with Crippen LogP contribution in [0.5, 0.6) is 0 Å². The molecule has 116 valence electrons. The van der Waals surface area contributed by atoms with Gasteiger partial charge in [0.2, 0.25) is 0 Å². The second-order valence-electron chi connectivity index (χ2n) is 7.03. The number of benzene rings is 1. The summed E-state index contributed by atoms with van der Waals surface area (Å²) in [6.45, 7) is 6.45. The topological polar surface area (TPSA) is 29.3 Å². The number of likely N-dealkylation sites (tertiary alicyclic amines) is 1. The van der Waals surface area contributed by atoms with E-state index in [2.05, 4.69) is 36.9 Å². The van der Waals surface area contributed by atoms with Crippen LogP contribution in [-0.2, 0) is 0 Å². The van der Waals surface area contributed by atoms with Gasteiger partial charge in [0, 0.05) is 18.6 Å². The van der Waals surface area contributed by atoms with Crippen molar-refractivity contribution < 1.29 is 0 Å². The lowest BCUT2D eigenvalue weighted by molar-refractivity contribution is 0.0274. The van der Waals surface area contributed by atoms with Gasteiger partial charge < -0.3 is 5.73 Å². The molecule has 1 aliphatic carbocycles. The maximum Gasteiger partial charge on any atom is 0.0476 e. The van der Waals surface area contributed by atoms with E-state index in [4.69, 9.17) is 5.73 Å². The van der Waals surface area contributed by atoms with Crippen LogP contribution in [-0.4, -0.2) is 24.0 Å². The van der Waals surface area contributed by atoms with Gasteiger partial charge in [-0.1, -0.05) is 31.0 Å². The Kier molecular flexibility index (Phi) is 4.66. The average Bonchev–Trinajstić information content (AvgIpc) is 2.52. The van der Waals surface area contributed by atoms with Crippen LogP contribution in [0, 0.1) is 19.8 Å². The summed E-state index contributed by atoms with van der Waals surface area (Å²) in [6, 6.07) is 7.90. The lowest BCUT2D eigenvalue weighted by Gasteiger charge is -2.48. The van der Waals surface area contributed by atoms with Gasteiger partial charge in [-0.15, -0.1) is 0 Å². The predicted molar refractivity (Wildman–Crippen MR) is 89.4 cm³/mol. The van der Waals surface area contributed by atoms with Crippen molar-refractivity contribution in [1.29, 1.82) is 0 Å². The van der Waals surface area contributed by atoms with Crippen molar-refractivity contribution in [3.8, 4) is 0 Å². The highest BCUT2D eigenvalue weighted by Gasteiger charge is 2.37. The van der Waals surface area contributed by atoms with E-state index >= 15 is 0 Å². The molecule has 3 rings (SSSR count). The van der Waals surface area contributed by atoms with Gasteiger partial charge in [0.25, 0.3) is 0 Å². The van der Waals surface area contributed by atoms with Crippen molar-refractivity contribution in [3.63, 3.8) is 0 Å². The summed E-state index contributed by atoms with van der Waals surface area (Å²) in [4.78, 5) is 2.76. The molecule has 1 aliphatic heterocycles. The lowest BCUT2D eigenvalue weighted by atomic mass is 9.77. The fourth-order valence-corrected chi connectivity index (χ4v) is 4.63. The molecule has 3 atom stereocenters. The Balaban J connectivity index is 1.89. The molecule has 0 spiro atoms. The first-order valence-corrected chi connectivity index (χ1v) is 8.74. The molecule has 1 aromatic carbocycles. The molecule has 0 radical (unpaired) electrons. The van der Waals surface area contributed by atoms with Gasteiger partial charge in [-0.05, 0) is 68.7 Å². The Morgan fingerprint density at radius 3 is 2.71 bits per heavy atom. The van der Waals surface area contributed by atoms with E-state index in [0.717, 1.165) is 18.5 Å². The van der Waals surface area contributed by atoms with Gasteiger partial charge in [0.05, 0.1) is 0 Å². The molecule has 0 aromatic heterocycles. The monoisotopic (exact) mass is 286 g/mol. The molecule has 2 heteroatoms. The normalized spacial score (nSPS) is 28.1. The molecule has 0 bridgehead atoms. The minimum Gasteiger partial charge on any atom is -0.329 e. The molecule has 21 heavy (non-hydrogen) atoms. The van der Waals surface area contributed by atoms with Crippen molar-refractivity contribution in [2.45, 2.75) is 64.5 Å². The molecule has 2 fully saturated rings. The second kappa shape index (κ2) is 6.50. The van der Waals surface area contributed by atoms with Crippen LogP contribution in [0.3, 0.4) is 0 Å². The molecule has 3 unspecified atom stereocenters. The highest BCUT2D eigenvalue weighted by molar-refractivity contribution is 5.35. The largest absolute Gasteiger partial charge is 0.329 e. The van der Waals surface area contributed by atoms with Crippen molar-refractivity contribution >= 4 is 0 Å². The van der Waals surface area contributed by atoms with Crippen LogP contribution in [0.1, 0.15) is 61.3 Å². The zero-order valence-electron chi connectivity index (χ0n) is 13.6. The van der Waals surface area contributed by atoms with Crippen LogP contribution in [0.15, 0.2) is 18.2 Å². The van der Waals surface area contributed by atoms with Crippen molar-refractivity contribution in [1.82, 2.24) is 4.90 Å². The SMILES string of the molecule is Cc1cccc(C(CN)N2CCCC3CCCCC32)c1C. The summed E-state index contributed by atoms with van der Waals surface area (Å²) >= 11 is 0. The number of hydrogen-bond donors (Lipinski definition) is 1. The summed E-state index contributed by atoms with van der Waals surface area (Å²) < 4.78 is 0. The Bertz CT molecular complexity index is 480. The highest BCUT2D eigenvalue weighted by Crippen LogP contribution is 2.39. The molecule has 0 amide bonds. The standard InChI is InChI=1S/C19H30N2/c1-14-7-5-10-17(15(14)2)19(13-20)21-12-6-9-16-8-3-4-11-18(16)21/h5,7,10,16,18-19H,3-4,6,8-9,11-13,20H2,1-2H3.